The number of carbonyl (C=O) groups is 3. The van der Waals surface area contributed by atoms with Gasteiger partial charge in [-0.1, -0.05) is 26.0 Å². The van der Waals surface area contributed by atoms with Crippen molar-refractivity contribution in [2.75, 3.05) is 33.5 Å². The highest BCUT2D eigenvalue weighted by molar-refractivity contribution is 6.12. The van der Waals surface area contributed by atoms with E-state index in [2.05, 4.69) is 5.32 Å². The van der Waals surface area contributed by atoms with Gasteiger partial charge in [0.2, 0.25) is 0 Å². The lowest BCUT2D eigenvalue weighted by molar-refractivity contribution is -0.151. The van der Waals surface area contributed by atoms with Crippen LogP contribution in [0.2, 0.25) is 0 Å². The van der Waals surface area contributed by atoms with E-state index >= 15 is 0 Å². The molecule has 1 N–H and O–H groups in total. The molecule has 0 saturated carbocycles. The van der Waals surface area contributed by atoms with Crippen LogP contribution in [0.5, 0.6) is 5.75 Å². The Balaban J connectivity index is 2.01. The smallest absolute Gasteiger partial charge is 0.336 e. The molecule has 1 aliphatic carbocycles. The number of nitrogens with one attached hydrogen (secondary N) is 1. The van der Waals surface area contributed by atoms with Crippen LogP contribution in [0.15, 0.2) is 46.8 Å². The second-order valence-corrected chi connectivity index (χ2v) is 8.79. The Morgan fingerprint density at radius 3 is 2.43 bits per heavy atom. The second-order valence-electron chi connectivity index (χ2n) is 8.79. The number of Topliss-reactive ketones (excluding diaryl/α,β-unsaturated/α-hetero) is 1. The normalized spacial score (nSPS) is 21.9. The molecule has 8 nitrogen and oxygen atoms in total. The first-order valence-corrected chi connectivity index (χ1v) is 12.1. The molecule has 0 spiro atoms. The third-order valence-electron chi connectivity index (χ3n) is 6.30. The van der Waals surface area contributed by atoms with E-state index in [1.807, 2.05) is 45.0 Å². The molecule has 0 radical (unpaired) electrons. The van der Waals surface area contributed by atoms with Crippen molar-refractivity contribution in [3.8, 4) is 5.75 Å². The van der Waals surface area contributed by atoms with Gasteiger partial charge in [-0.15, -0.1) is 0 Å². The molecule has 2 aliphatic rings. The van der Waals surface area contributed by atoms with Crippen LogP contribution in [-0.4, -0.2) is 51.3 Å². The molecule has 8 heteroatoms. The van der Waals surface area contributed by atoms with Gasteiger partial charge >= 0.3 is 11.9 Å². The van der Waals surface area contributed by atoms with Gasteiger partial charge in [-0.05, 0) is 50.3 Å². The number of dihydropyridines is 1. The van der Waals surface area contributed by atoms with Crippen molar-refractivity contribution in [2.45, 2.75) is 46.5 Å². The third kappa shape index (κ3) is 5.75. The van der Waals surface area contributed by atoms with Crippen molar-refractivity contribution >= 4 is 17.7 Å². The summed E-state index contributed by atoms with van der Waals surface area (Å²) in [5, 5.41) is 3.26. The summed E-state index contributed by atoms with van der Waals surface area (Å²) in [6.45, 7) is 9.08. The largest absolute Gasteiger partial charge is 0.494 e. The Hall–Kier alpha value is -3.13. The third-order valence-corrected chi connectivity index (χ3v) is 6.30. The summed E-state index contributed by atoms with van der Waals surface area (Å²) in [6, 6.07) is 7.31. The molecule has 0 aromatic heterocycles. The summed E-state index contributed by atoms with van der Waals surface area (Å²) in [5.41, 5.74) is 2.83. The lowest BCUT2D eigenvalue weighted by Crippen LogP contribution is -2.43. The van der Waals surface area contributed by atoms with Crippen molar-refractivity contribution in [3.05, 3.63) is 52.4 Å². The standard InChI is InChI=1S/C27H35NO7/c1-6-12-33-13-14-35-27(31)22-17(4)28-20-15-16(3)21(26(30)32-5)25(29)24(20)23(22)18-8-10-19(11-9-18)34-7-2/h8-11,16,21,23,28H,6-7,12-15H2,1-5H3/t16-,21-,23-/m1/s1. The predicted molar refractivity (Wildman–Crippen MR) is 130 cm³/mol. The number of hydrogen-bond donors (Lipinski definition) is 1. The van der Waals surface area contributed by atoms with Gasteiger partial charge in [0.05, 0.1) is 25.9 Å². The van der Waals surface area contributed by atoms with Crippen LogP contribution in [0.3, 0.4) is 0 Å². The van der Waals surface area contributed by atoms with Crippen LogP contribution >= 0.6 is 0 Å². The lowest BCUT2D eigenvalue weighted by Gasteiger charge is -2.38. The molecule has 35 heavy (non-hydrogen) atoms. The quantitative estimate of drug-likeness (QED) is 0.304. The average molecular weight is 486 g/mol. The van der Waals surface area contributed by atoms with E-state index in [0.29, 0.717) is 48.8 Å². The van der Waals surface area contributed by atoms with E-state index in [-0.39, 0.29) is 18.3 Å². The van der Waals surface area contributed by atoms with Gasteiger partial charge in [-0.3, -0.25) is 9.59 Å². The van der Waals surface area contributed by atoms with Crippen molar-refractivity contribution in [3.63, 3.8) is 0 Å². The highest BCUT2D eigenvalue weighted by atomic mass is 16.6. The molecule has 0 amide bonds. The number of hydrogen-bond acceptors (Lipinski definition) is 8. The Morgan fingerprint density at radius 1 is 1.09 bits per heavy atom. The number of esters is 2. The Morgan fingerprint density at radius 2 is 1.80 bits per heavy atom. The van der Waals surface area contributed by atoms with Gasteiger partial charge in [0.25, 0.3) is 0 Å². The lowest BCUT2D eigenvalue weighted by atomic mass is 9.69. The zero-order valence-corrected chi connectivity index (χ0v) is 21.1. The van der Waals surface area contributed by atoms with Gasteiger partial charge < -0.3 is 24.3 Å². The number of ether oxygens (including phenoxy) is 4. The van der Waals surface area contributed by atoms with Gasteiger partial charge in [0.15, 0.2) is 5.78 Å². The molecule has 1 aromatic rings. The van der Waals surface area contributed by atoms with Crippen LogP contribution in [0.4, 0.5) is 0 Å². The number of carbonyl (C=O) groups excluding carboxylic acids is 3. The molecule has 1 aliphatic heterocycles. The highest BCUT2D eigenvalue weighted by Crippen LogP contribution is 2.45. The fourth-order valence-corrected chi connectivity index (χ4v) is 4.73. The topological polar surface area (TPSA) is 100 Å². The number of rotatable bonds is 10. The summed E-state index contributed by atoms with van der Waals surface area (Å²) < 4.78 is 21.5. The van der Waals surface area contributed by atoms with E-state index < -0.39 is 23.8 Å². The van der Waals surface area contributed by atoms with Crippen LogP contribution in [0.25, 0.3) is 0 Å². The van der Waals surface area contributed by atoms with Crippen LogP contribution in [0, 0.1) is 11.8 Å². The highest BCUT2D eigenvalue weighted by Gasteiger charge is 2.47. The first-order chi connectivity index (χ1) is 16.8. The monoisotopic (exact) mass is 485 g/mol. The minimum atomic E-state index is -0.927. The van der Waals surface area contributed by atoms with Crippen LogP contribution in [0.1, 0.15) is 52.0 Å². The molecular formula is C27H35NO7. The maximum absolute atomic E-state index is 13.7. The molecule has 3 atom stereocenters. The van der Waals surface area contributed by atoms with Crippen molar-refractivity contribution in [2.24, 2.45) is 11.8 Å². The minimum absolute atomic E-state index is 0.104. The second kappa shape index (κ2) is 12.0. The SMILES string of the molecule is CCCOCCOC(=O)C1=C(C)NC2=C(C(=O)[C@H](C(=O)OC)[C@H](C)C2)[C@@H]1c1ccc(OCC)cc1. The summed E-state index contributed by atoms with van der Waals surface area (Å²) in [6.07, 6.45) is 1.36. The minimum Gasteiger partial charge on any atom is -0.494 e. The molecule has 1 aromatic carbocycles. The maximum Gasteiger partial charge on any atom is 0.336 e. The Labute approximate surface area is 206 Å². The average Bonchev–Trinajstić information content (AvgIpc) is 2.83. The van der Waals surface area contributed by atoms with Gasteiger partial charge in [-0.2, -0.15) is 0 Å². The fourth-order valence-electron chi connectivity index (χ4n) is 4.73. The van der Waals surface area contributed by atoms with Gasteiger partial charge in [0, 0.05) is 29.5 Å². The summed E-state index contributed by atoms with van der Waals surface area (Å²) in [5.74, 6) is -2.58. The summed E-state index contributed by atoms with van der Waals surface area (Å²) in [7, 11) is 1.28. The summed E-state index contributed by atoms with van der Waals surface area (Å²) >= 11 is 0. The Kier molecular flexibility index (Phi) is 9.09. The number of methoxy groups -OCH3 is 1. The molecule has 0 unspecified atom stereocenters. The number of allylic oxidation sites excluding steroid dienone is 3. The zero-order valence-electron chi connectivity index (χ0n) is 21.1. The fraction of sp³-hybridized carbons (Fsp3) is 0.519. The molecule has 190 valence electrons. The molecule has 3 rings (SSSR count). The molecule has 0 saturated heterocycles. The van der Waals surface area contributed by atoms with Gasteiger partial charge in [0.1, 0.15) is 18.3 Å². The Bertz CT molecular complexity index is 1010. The van der Waals surface area contributed by atoms with Crippen molar-refractivity contribution < 1.29 is 33.3 Å². The zero-order chi connectivity index (χ0) is 25.5. The molecule has 0 bridgehead atoms. The molecule has 0 fully saturated rings. The number of ketones is 1. The summed E-state index contributed by atoms with van der Waals surface area (Å²) in [4.78, 5) is 39.5. The van der Waals surface area contributed by atoms with Crippen molar-refractivity contribution in [1.29, 1.82) is 0 Å². The van der Waals surface area contributed by atoms with Gasteiger partial charge in [-0.25, -0.2) is 4.79 Å². The molecule has 1 heterocycles. The first kappa shape index (κ1) is 26.5. The van der Waals surface area contributed by atoms with E-state index in [4.69, 9.17) is 18.9 Å². The van der Waals surface area contributed by atoms with Crippen LogP contribution in [-0.2, 0) is 28.6 Å². The maximum atomic E-state index is 13.7. The van der Waals surface area contributed by atoms with Crippen LogP contribution < -0.4 is 10.1 Å². The van der Waals surface area contributed by atoms with E-state index in [1.165, 1.54) is 7.11 Å². The van der Waals surface area contributed by atoms with E-state index in [9.17, 15) is 14.4 Å². The van der Waals surface area contributed by atoms with E-state index in [1.54, 1.807) is 6.92 Å². The molecular weight excluding hydrogens is 450 g/mol. The first-order valence-electron chi connectivity index (χ1n) is 12.1. The number of benzene rings is 1. The van der Waals surface area contributed by atoms with E-state index in [0.717, 1.165) is 17.7 Å². The van der Waals surface area contributed by atoms with Crippen molar-refractivity contribution in [1.82, 2.24) is 5.32 Å². The predicted octanol–water partition coefficient (Wildman–Crippen LogP) is 3.67.